The molecule has 0 radical (unpaired) electrons. The average molecular weight is 465 g/mol. The van der Waals surface area contributed by atoms with E-state index in [1.165, 1.54) is 6.26 Å². The molecule has 1 saturated heterocycles. The van der Waals surface area contributed by atoms with Crippen molar-refractivity contribution >= 4 is 44.0 Å². The Hall–Kier alpha value is -2.20. The molecular weight excluding hydrogens is 440 g/mol. The Bertz CT molecular complexity index is 1220. The highest BCUT2D eigenvalue weighted by molar-refractivity contribution is 7.90. The summed E-state index contributed by atoms with van der Waals surface area (Å²) < 4.78 is 37.9. The average Bonchev–Trinajstić information content (AvgIpc) is 3.05. The lowest BCUT2D eigenvalue weighted by molar-refractivity contribution is -0.0309. The Balaban J connectivity index is 1.81. The highest BCUT2D eigenvalue weighted by Crippen LogP contribution is 2.34. The number of hydrogen-bond donors (Lipinski definition) is 1. The van der Waals surface area contributed by atoms with Gasteiger partial charge in [0.1, 0.15) is 22.7 Å². The first-order valence-electron chi connectivity index (χ1n) is 10.0. The first-order valence-corrected chi connectivity index (χ1v) is 12.3. The van der Waals surface area contributed by atoms with E-state index in [1.807, 2.05) is 17.6 Å². The number of nitrogens with one attached hydrogen (secondary N) is 1. The lowest BCUT2D eigenvalue weighted by Gasteiger charge is -2.25. The van der Waals surface area contributed by atoms with E-state index in [0.717, 1.165) is 30.7 Å². The van der Waals surface area contributed by atoms with E-state index in [9.17, 15) is 8.42 Å². The van der Waals surface area contributed by atoms with Crippen LogP contribution in [0.15, 0.2) is 29.2 Å². The second kappa shape index (κ2) is 8.74. The lowest BCUT2D eigenvalue weighted by atomic mass is 10.2. The molecule has 3 heterocycles. The summed E-state index contributed by atoms with van der Waals surface area (Å²) in [5, 5.41) is 3.50. The molecule has 0 saturated carbocycles. The molecule has 0 amide bonds. The zero-order chi connectivity index (χ0) is 22.2. The summed E-state index contributed by atoms with van der Waals surface area (Å²) in [7, 11) is -1.92. The summed E-state index contributed by atoms with van der Waals surface area (Å²) in [6.07, 6.45) is 4.02. The van der Waals surface area contributed by atoms with Gasteiger partial charge in [0.05, 0.1) is 22.9 Å². The van der Waals surface area contributed by atoms with Crippen molar-refractivity contribution in [3.63, 3.8) is 0 Å². The van der Waals surface area contributed by atoms with Crippen LogP contribution >= 0.6 is 11.6 Å². The molecule has 2 aromatic heterocycles. The fourth-order valence-corrected chi connectivity index (χ4v) is 4.96. The van der Waals surface area contributed by atoms with E-state index in [0.29, 0.717) is 35.8 Å². The minimum absolute atomic E-state index is 0.141. The van der Waals surface area contributed by atoms with Crippen LogP contribution in [0.3, 0.4) is 0 Å². The number of rotatable bonds is 6. The van der Waals surface area contributed by atoms with E-state index in [1.54, 1.807) is 25.3 Å². The predicted molar refractivity (Wildman–Crippen MR) is 120 cm³/mol. The van der Waals surface area contributed by atoms with Crippen LogP contribution in [0.1, 0.15) is 36.9 Å². The summed E-state index contributed by atoms with van der Waals surface area (Å²) in [6, 6.07) is 6.80. The molecule has 0 bridgehead atoms. The molecule has 0 aliphatic carbocycles. The maximum Gasteiger partial charge on any atom is 0.177 e. The maximum absolute atomic E-state index is 12.4. The molecule has 10 heteroatoms. The number of pyridine rings is 1. The first-order chi connectivity index (χ1) is 14.8. The highest BCUT2D eigenvalue weighted by Gasteiger charge is 2.24. The summed E-state index contributed by atoms with van der Waals surface area (Å²) in [4.78, 5) is 9.36. The topological polar surface area (TPSA) is 95.3 Å². The largest absolute Gasteiger partial charge is 0.380 e. The number of halogens is 1. The monoisotopic (exact) mass is 464 g/mol. The third kappa shape index (κ3) is 4.55. The van der Waals surface area contributed by atoms with Crippen molar-refractivity contribution in [3.05, 3.63) is 40.8 Å². The molecule has 1 aliphatic heterocycles. The van der Waals surface area contributed by atoms with Gasteiger partial charge >= 0.3 is 0 Å². The van der Waals surface area contributed by atoms with Gasteiger partial charge in [-0.25, -0.2) is 18.4 Å². The summed E-state index contributed by atoms with van der Waals surface area (Å²) in [5.41, 5.74) is 3.00. The molecule has 1 fully saturated rings. The number of fused-ring (bicyclic) bond motifs is 1. The smallest absolute Gasteiger partial charge is 0.177 e. The standard InChI is InChI=1S/C21H25ClN4O4S/c1-13-23-20-16(11-18(22)25-21(20)26(13)19-6-4-5-9-30-19)24-15-8-7-14(12-29-2)10-17(15)31(3,27)28/h7-8,10-11,19H,4-6,9,12H2,1-3H3,(H,24,25). The van der Waals surface area contributed by atoms with Gasteiger partial charge in [-0.1, -0.05) is 17.7 Å². The van der Waals surface area contributed by atoms with E-state index in [4.69, 9.17) is 26.1 Å². The van der Waals surface area contributed by atoms with Crippen molar-refractivity contribution in [3.8, 4) is 0 Å². The van der Waals surface area contributed by atoms with Crippen molar-refractivity contribution in [2.24, 2.45) is 0 Å². The van der Waals surface area contributed by atoms with Crippen LogP contribution < -0.4 is 5.32 Å². The molecule has 1 unspecified atom stereocenters. The van der Waals surface area contributed by atoms with E-state index in [2.05, 4.69) is 10.3 Å². The van der Waals surface area contributed by atoms with Gasteiger partial charge in [-0.3, -0.25) is 4.57 Å². The number of methoxy groups -OCH3 is 1. The molecule has 31 heavy (non-hydrogen) atoms. The second-order valence-corrected chi connectivity index (χ2v) is 10.0. The van der Waals surface area contributed by atoms with Gasteiger partial charge in [-0.05, 0) is 43.9 Å². The number of aryl methyl sites for hydroxylation is 1. The first kappa shape index (κ1) is 22.0. The van der Waals surface area contributed by atoms with E-state index >= 15 is 0 Å². The molecule has 3 aromatic rings. The molecule has 8 nitrogen and oxygen atoms in total. The lowest BCUT2D eigenvalue weighted by Crippen LogP contribution is -2.19. The maximum atomic E-state index is 12.4. The minimum Gasteiger partial charge on any atom is -0.380 e. The van der Waals surface area contributed by atoms with Gasteiger partial charge in [0.15, 0.2) is 15.5 Å². The molecule has 1 aliphatic rings. The molecular formula is C21H25ClN4O4S. The third-order valence-corrected chi connectivity index (χ3v) is 6.59. The molecule has 166 valence electrons. The Kier molecular flexibility index (Phi) is 6.20. The summed E-state index contributed by atoms with van der Waals surface area (Å²) in [6.45, 7) is 2.92. The van der Waals surface area contributed by atoms with Crippen LogP contribution in [0.4, 0.5) is 11.4 Å². The zero-order valence-corrected chi connectivity index (χ0v) is 19.3. The number of sulfone groups is 1. The number of anilines is 2. The summed E-state index contributed by atoms with van der Waals surface area (Å²) >= 11 is 6.34. The van der Waals surface area contributed by atoms with Crippen molar-refractivity contribution < 1.29 is 17.9 Å². The number of benzene rings is 1. The Morgan fingerprint density at radius 2 is 2.06 bits per heavy atom. The number of ether oxygens (including phenoxy) is 2. The Morgan fingerprint density at radius 3 is 2.74 bits per heavy atom. The normalized spacial score (nSPS) is 17.2. The van der Waals surface area contributed by atoms with Crippen molar-refractivity contribution in [2.75, 3.05) is 25.3 Å². The highest BCUT2D eigenvalue weighted by atomic mass is 35.5. The van der Waals surface area contributed by atoms with Gasteiger partial charge < -0.3 is 14.8 Å². The van der Waals surface area contributed by atoms with Crippen LogP contribution in [-0.2, 0) is 25.9 Å². The number of aromatic nitrogens is 3. The Morgan fingerprint density at radius 1 is 1.26 bits per heavy atom. The van der Waals surface area contributed by atoms with Crippen LogP contribution in [0, 0.1) is 6.92 Å². The fourth-order valence-electron chi connectivity index (χ4n) is 3.89. The quantitative estimate of drug-likeness (QED) is 0.540. The number of nitrogens with zero attached hydrogens (tertiary/aromatic N) is 3. The van der Waals surface area contributed by atoms with Gasteiger partial charge in [0.2, 0.25) is 0 Å². The predicted octanol–water partition coefficient (Wildman–Crippen LogP) is 4.39. The van der Waals surface area contributed by atoms with Gasteiger partial charge in [0, 0.05) is 26.0 Å². The van der Waals surface area contributed by atoms with Crippen molar-refractivity contribution in [1.82, 2.24) is 14.5 Å². The fraction of sp³-hybridized carbons (Fsp3) is 0.429. The van der Waals surface area contributed by atoms with Gasteiger partial charge in [-0.15, -0.1) is 0 Å². The molecule has 0 spiro atoms. The molecule has 4 rings (SSSR count). The second-order valence-electron chi connectivity index (χ2n) is 7.68. The zero-order valence-electron chi connectivity index (χ0n) is 17.7. The number of hydrogen-bond acceptors (Lipinski definition) is 7. The minimum atomic E-state index is -3.49. The van der Waals surface area contributed by atoms with E-state index < -0.39 is 9.84 Å². The Labute approximate surface area is 186 Å². The van der Waals surface area contributed by atoms with Crippen LogP contribution in [0.5, 0.6) is 0 Å². The van der Waals surface area contributed by atoms with E-state index in [-0.39, 0.29) is 16.3 Å². The molecule has 1 N–H and O–H groups in total. The van der Waals surface area contributed by atoms with Crippen molar-refractivity contribution in [2.45, 2.75) is 43.9 Å². The van der Waals surface area contributed by atoms with Gasteiger partial charge in [0.25, 0.3) is 0 Å². The summed E-state index contributed by atoms with van der Waals surface area (Å²) in [5.74, 6) is 0.762. The molecule has 1 atom stereocenters. The van der Waals surface area contributed by atoms with Crippen LogP contribution in [-0.4, -0.2) is 42.9 Å². The van der Waals surface area contributed by atoms with Crippen LogP contribution in [0.25, 0.3) is 11.2 Å². The SMILES string of the molecule is COCc1ccc(Nc2cc(Cl)nc3c2nc(C)n3C2CCCCO2)c(S(C)(=O)=O)c1. The molecule has 1 aromatic carbocycles. The number of imidazole rings is 1. The van der Waals surface area contributed by atoms with Gasteiger partial charge in [-0.2, -0.15) is 0 Å². The van der Waals surface area contributed by atoms with Crippen LogP contribution in [0.2, 0.25) is 5.15 Å². The van der Waals surface area contributed by atoms with Crippen molar-refractivity contribution in [1.29, 1.82) is 0 Å². The third-order valence-electron chi connectivity index (χ3n) is 5.26.